The minimum Gasteiger partial charge on any atom is -0.314 e. The summed E-state index contributed by atoms with van der Waals surface area (Å²) in [5.74, 6) is 0. The van der Waals surface area contributed by atoms with Gasteiger partial charge in [-0.05, 0) is 18.6 Å². The Hall–Kier alpha value is -1.36. The van der Waals surface area contributed by atoms with Gasteiger partial charge in [-0.2, -0.15) is 5.10 Å². The highest BCUT2D eigenvalue weighted by Gasteiger charge is 2.25. The van der Waals surface area contributed by atoms with Crippen LogP contribution in [0.1, 0.15) is 24.1 Å². The number of hydrogen-bond donors (Lipinski definition) is 1. The normalized spacial score (nSPS) is 19.8. The predicted molar refractivity (Wildman–Crippen MR) is 85.4 cm³/mol. The van der Waals surface area contributed by atoms with Crippen molar-refractivity contribution in [3.8, 4) is 0 Å². The van der Waals surface area contributed by atoms with Gasteiger partial charge in [-0.25, -0.2) is 0 Å². The Balaban J connectivity index is 1.80. The molecule has 4 nitrogen and oxygen atoms in total. The smallest absolute Gasteiger partial charge is 0.0534 e. The first-order valence-electron chi connectivity index (χ1n) is 7.48. The monoisotopic (exact) mass is 304 g/mol. The van der Waals surface area contributed by atoms with Crippen LogP contribution in [0.4, 0.5) is 0 Å². The molecule has 1 aliphatic heterocycles. The summed E-state index contributed by atoms with van der Waals surface area (Å²) in [5.41, 5.74) is 2.46. The molecule has 3 rings (SSSR count). The van der Waals surface area contributed by atoms with Gasteiger partial charge in [-0.15, -0.1) is 0 Å². The van der Waals surface area contributed by atoms with Crippen molar-refractivity contribution in [2.75, 3.05) is 19.6 Å². The maximum Gasteiger partial charge on any atom is 0.0534 e. The Morgan fingerprint density at radius 2 is 2.24 bits per heavy atom. The van der Waals surface area contributed by atoms with Crippen LogP contribution in [0.15, 0.2) is 36.7 Å². The number of aromatic nitrogens is 2. The van der Waals surface area contributed by atoms with Gasteiger partial charge < -0.3 is 5.32 Å². The van der Waals surface area contributed by atoms with Crippen LogP contribution in [-0.2, 0) is 13.1 Å². The third kappa shape index (κ3) is 3.28. The van der Waals surface area contributed by atoms with Gasteiger partial charge in [0.25, 0.3) is 0 Å². The molecule has 1 unspecified atom stereocenters. The van der Waals surface area contributed by atoms with E-state index in [9.17, 15) is 0 Å². The minimum absolute atomic E-state index is 0.317. The van der Waals surface area contributed by atoms with Crippen molar-refractivity contribution in [3.63, 3.8) is 0 Å². The average Bonchev–Trinajstić information content (AvgIpc) is 2.96. The number of benzene rings is 1. The van der Waals surface area contributed by atoms with Crippen molar-refractivity contribution in [2.45, 2.75) is 26.1 Å². The molecule has 0 aliphatic carbocycles. The first-order valence-corrected chi connectivity index (χ1v) is 7.86. The Morgan fingerprint density at radius 3 is 3.00 bits per heavy atom. The van der Waals surface area contributed by atoms with Crippen LogP contribution >= 0.6 is 11.6 Å². The number of rotatable bonds is 4. The molecule has 0 saturated carbocycles. The fourth-order valence-electron chi connectivity index (χ4n) is 2.88. The number of halogens is 1. The van der Waals surface area contributed by atoms with E-state index in [4.69, 9.17) is 11.6 Å². The molecular weight excluding hydrogens is 284 g/mol. The maximum atomic E-state index is 6.38. The molecule has 1 aromatic carbocycles. The summed E-state index contributed by atoms with van der Waals surface area (Å²) in [5, 5.41) is 8.68. The summed E-state index contributed by atoms with van der Waals surface area (Å²) in [6.07, 6.45) is 4.10. The van der Waals surface area contributed by atoms with Crippen LogP contribution in [0.5, 0.6) is 0 Å². The minimum atomic E-state index is 0.317. The van der Waals surface area contributed by atoms with Gasteiger partial charge in [0.2, 0.25) is 0 Å². The zero-order valence-corrected chi connectivity index (χ0v) is 13.1. The molecule has 0 spiro atoms. The van der Waals surface area contributed by atoms with E-state index in [1.54, 1.807) is 0 Å². The molecule has 2 aromatic rings. The first kappa shape index (κ1) is 14.6. The quantitative estimate of drug-likeness (QED) is 0.943. The van der Waals surface area contributed by atoms with Gasteiger partial charge in [0.1, 0.15) is 0 Å². The summed E-state index contributed by atoms with van der Waals surface area (Å²) in [7, 11) is 0. The van der Waals surface area contributed by atoms with Crippen molar-refractivity contribution >= 4 is 11.6 Å². The molecule has 5 heteroatoms. The second-order valence-electron chi connectivity index (χ2n) is 5.42. The van der Waals surface area contributed by atoms with Gasteiger partial charge in [0.05, 0.1) is 6.20 Å². The van der Waals surface area contributed by atoms with Crippen molar-refractivity contribution in [1.82, 2.24) is 20.0 Å². The lowest BCUT2D eigenvalue weighted by molar-refractivity contribution is 0.154. The molecule has 2 heterocycles. The third-order valence-corrected chi connectivity index (χ3v) is 4.36. The van der Waals surface area contributed by atoms with Crippen molar-refractivity contribution in [1.29, 1.82) is 0 Å². The van der Waals surface area contributed by atoms with Crippen LogP contribution in [0.25, 0.3) is 0 Å². The molecule has 1 atom stereocenters. The predicted octanol–water partition coefficient (Wildman–Crippen LogP) is 2.70. The number of aryl methyl sites for hydroxylation is 1. The largest absolute Gasteiger partial charge is 0.314 e. The molecule has 0 bridgehead atoms. The van der Waals surface area contributed by atoms with Crippen LogP contribution in [0.2, 0.25) is 5.02 Å². The van der Waals surface area contributed by atoms with Crippen LogP contribution in [0.3, 0.4) is 0 Å². The maximum absolute atomic E-state index is 6.38. The molecule has 0 amide bonds. The highest BCUT2D eigenvalue weighted by molar-refractivity contribution is 6.31. The summed E-state index contributed by atoms with van der Waals surface area (Å²) < 4.78 is 1.97. The van der Waals surface area contributed by atoms with Crippen molar-refractivity contribution in [2.24, 2.45) is 0 Å². The summed E-state index contributed by atoms with van der Waals surface area (Å²) in [6, 6.07) is 8.46. The van der Waals surface area contributed by atoms with E-state index < -0.39 is 0 Å². The van der Waals surface area contributed by atoms with E-state index >= 15 is 0 Å². The lowest BCUT2D eigenvalue weighted by Gasteiger charge is -2.36. The highest BCUT2D eigenvalue weighted by Crippen LogP contribution is 2.29. The average molecular weight is 305 g/mol. The van der Waals surface area contributed by atoms with Gasteiger partial charge in [-0.1, -0.05) is 29.8 Å². The second-order valence-corrected chi connectivity index (χ2v) is 5.82. The summed E-state index contributed by atoms with van der Waals surface area (Å²) in [6.45, 7) is 6.91. The molecule has 21 heavy (non-hydrogen) atoms. The zero-order valence-electron chi connectivity index (χ0n) is 12.3. The lowest BCUT2D eigenvalue weighted by atomic mass is 10.0. The van der Waals surface area contributed by atoms with Crippen LogP contribution in [-0.4, -0.2) is 34.3 Å². The van der Waals surface area contributed by atoms with E-state index in [0.29, 0.717) is 6.04 Å². The summed E-state index contributed by atoms with van der Waals surface area (Å²) >= 11 is 6.38. The van der Waals surface area contributed by atoms with Crippen molar-refractivity contribution < 1.29 is 0 Å². The Kier molecular flexibility index (Phi) is 4.58. The molecule has 0 radical (unpaired) electrons. The molecular formula is C16H21ClN4. The topological polar surface area (TPSA) is 33.1 Å². The number of piperazine rings is 1. The fourth-order valence-corrected chi connectivity index (χ4v) is 3.14. The molecule has 1 fully saturated rings. The Labute approximate surface area is 130 Å². The number of nitrogens with zero attached hydrogens (tertiary/aromatic N) is 3. The van der Waals surface area contributed by atoms with E-state index in [1.165, 1.54) is 11.1 Å². The standard InChI is InChI=1S/C16H21ClN4/c1-2-21-12-13(9-19-21)11-20-8-7-18-10-16(20)14-5-3-4-6-15(14)17/h3-6,9,12,16,18H,2,7-8,10-11H2,1H3. The highest BCUT2D eigenvalue weighted by atomic mass is 35.5. The molecule has 1 aromatic heterocycles. The molecule has 1 N–H and O–H groups in total. The lowest BCUT2D eigenvalue weighted by Crippen LogP contribution is -2.45. The SMILES string of the molecule is CCn1cc(CN2CCNCC2c2ccccc2Cl)cn1. The van der Waals surface area contributed by atoms with Gasteiger partial charge in [-0.3, -0.25) is 9.58 Å². The summed E-state index contributed by atoms with van der Waals surface area (Å²) in [4.78, 5) is 2.48. The van der Waals surface area contributed by atoms with E-state index in [0.717, 1.165) is 37.7 Å². The first-order chi connectivity index (χ1) is 10.3. The van der Waals surface area contributed by atoms with Gasteiger partial charge in [0, 0.05) is 55.5 Å². The zero-order chi connectivity index (χ0) is 14.7. The molecule has 1 aliphatic rings. The number of nitrogens with one attached hydrogen (secondary N) is 1. The third-order valence-electron chi connectivity index (χ3n) is 4.01. The van der Waals surface area contributed by atoms with E-state index in [-0.39, 0.29) is 0 Å². The Morgan fingerprint density at radius 1 is 1.38 bits per heavy atom. The van der Waals surface area contributed by atoms with Crippen LogP contribution in [0, 0.1) is 0 Å². The van der Waals surface area contributed by atoms with Crippen molar-refractivity contribution in [3.05, 3.63) is 52.8 Å². The van der Waals surface area contributed by atoms with Gasteiger partial charge >= 0.3 is 0 Å². The van der Waals surface area contributed by atoms with Gasteiger partial charge in [0.15, 0.2) is 0 Å². The number of hydrogen-bond acceptors (Lipinski definition) is 3. The van der Waals surface area contributed by atoms with E-state index in [1.807, 2.05) is 23.0 Å². The molecule has 112 valence electrons. The Bertz CT molecular complexity index is 595. The second kappa shape index (κ2) is 6.60. The molecule has 1 saturated heterocycles. The van der Waals surface area contributed by atoms with E-state index in [2.05, 4.69) is 40.6 Å². The van der Waals surface area contributed by atoms with Crippen LogP contribution < -0.4 is 5.32 Å². The fraction of sp³-hybridized carbons (Fsp3) is 0.438.